The molecule has 1 atom stereocenters. The van der Waals surface area contributed by atoms with E-state index in [4.69, 9.17) is 4.74 Å². The summed E-state index contributed by atoms with van der Waals surface area (Å²) in [7, 11) is 5.47. The Balaban J connectivity index is 0.00000320. The first-order chi connectivity index (χ1) is 14.2. The molecule has 2 heterocycles. The topological polar surface area (TPSA) is 66.7 Å². The second-order valence-corrected chi connectivity index (χ2v) is 7.54. The first-order valence-electron chi connectivity index (χ1n) is 10.5. The summed E-state index contributed by atoms with van der Waals surface area (Å²) < 4.78 is 7.16. The highest BCUT2D eigenvalue weighted by molar-refractivity contribution is 14.0. The van der Waals surface area contributed by atoms with Crippen molar-refractivity contribution < 1.29 is 4.74 Å². The maximum Gasteiger partial charge on any atom is 0.191 e. The van der Waals surface area contributed by atoms with Gasteiger partial charge in [-0.05, 0) is 55.6 Å². The molecule has 7 nitrogen and oxygen atoms in total. The lowest BCUT2D eigenvalue weighted by Gasteiger charge is -2.35. The van der Waals surface area contributed by atoms with Gasteiger partial charge in [0.05, 0.1) is 19.3 Å². The summed E-state index contributed by atoms with van der Waals surface area (Å²) in [6, 6.07) is 8.77. The third kappa shape index (κ3) is 7.16. The number of nitrogens with zero attached hydrogens (tertiary/aromatic N) is 4. The van der Waals surface area contributed by atoms with Crippen LogP contribution < -0.4 is 15.4 Å². The molecular weight excluding hydrogens is 491 g/mol. The van der Waals surface area contributed by atoms with Gasteiger partial charge in [-0.1, -0.05) is 18.6 Å². The van der Waals surface area contributed by atoms with Crippen LogP contribution in [0, 0.1) is 0 Å². The molecule has 1 aliphatic rings. The van der Waals surface area contributed by atoms with Crippen LogP contribution in [0.15, 0.2) is 41.7 Å². The van der Waals surface area contributed by atoms with Crippen LogP contribution in [0.1, 0.15) is 36.4 Å². The second kappa shape index (κ2) is 12.8. The van der Waals surface area contributed by atoms with E-state index < -0.39 is 0 Å². The predicted octanol–water partition coefficient (Wildman–Crippen LogP) is 2.98. The number of rotatable bonds is 8. The highest BCUT2D eigenvalue weighted by Crippen LogP contribution is 2.25. The van der Waals surface area contributed by atoms with E-state index in [0.29, 0.717) is 6.04 Å². The summed E-state index contributed by atoms with van der Waals surface area (Å²) in [5.41, 5.74) is 2.53. The molecule has 0 radical (unpaired) electrons. The summed E-state index contributed by atoms with van der Waals surface area (Å²) in [6.07, 6.45) is 8.75. The zero-order valence-electron chi connectivity index (χ0n) is 18.3. The zero-order chi connectivity index (χ0) is 20.5. The number of likely N-dealkylation sites (tertiary alicyclic amines) is 1. The Kier molecular flexibility index (Phi) is 10.4. The van der Waals surface area contributed by atoms with Crippen molar-refractivity contribution in [3.63, 3.8) is 0 Å². The van der Waals surface area contributed by atoms with E-state index in [0.717, 1.165) is 44.3 Å². The molecule has 0 spiro atoms. The fourth-order valence-electron chi connectivity index (χ4n) is 3.85. The molecule has 1 saturated heterocycles. The van der Waals surface area contributed by atoms with E-state index in [1.165, 1.54) is 30.4 Å². The maximum atomic E-state index is 5.33. The normalized spacial score (nSPS) is 15.9. The van der Waals surface area contributed by atoms with Crippen LogP contribution in [0.4, 0.5) is 0 Å². The first-order valence-corrected chi connectivity index (χ1v) is 10.5. The van der Waals surface area contributed by atoms with Gasteiger partial charge >= 0.3 is 0 Å². The van der Waals surface area contributed by atoms with E-state index in [1.54, 1.807) is 7.11 Å². The number of ether oxygens (including phenoxy) is 1. The van der Waals surface area contributed by atoms with Crippen LogP contribution in [0.5, 0.6) is 5.75 Å². The SMILES string of the molecule is CN=C(NCCc1cnn(C)c1)NCC(c1ccc(OC)cc1)N1CCCCC1.I. The van der Waals surface area contributed by atoms with Crippen molar-refractivity contribution in [2.75, 3.05) is 40.3 Å². The molecule has 1 unspecified atom stereocenters. The van der Waals surface area contributed by atoms with Gasteiger partial charge in [0.2, 0.25) is 0 Å². The number of aromatic nitrogens is 2. The molecular formula is C22H35IN6O. The van der Waals surface area contributed by atoms with E-state index in [9.17, 15) is 0 Å². The molecule has 2 aromatic rings. The summed E-state index contributed by atoms with van der Waals surface area (Å²) in [5, 5.41) is 11.2. The summed E-state index contributed by atoms with van der Waals surface area (Å²) >= 11 is 0. The molecule has 2 N–H and O–H groups in total. The minimum Gasteiger partial charge on any atom is -0.497 e. The monoisotopic (exact) mass is 526 g/mol. The molecule has 1 aliphatic heterocycles. The van der Waals surface area contributed by atoms with Gasteiger partial charge in [-0.15, -0.1) is 24.0 Å². The van der Waals surface area contributed by atoms with E-state index >= 15 is 0 Å². The lowest BCUT2D eigenvalue weighted by Crippen LogP contribution is -2.44. The molecule has 8 heteroatoms. The number of guanidine groups is 1. The number of nitrogens with one attached hydrogen (secondary N) is 2. The molecule has 0 amide bonds. The Hall–Kier alpha value is -1.81. The van der Waals surface area contributed by atoms with E-state index in [2.05, 4.69) is 37.8 Å². The number of halogens is 1. The predicted molar refractivity (Wildman–Crippen MR) is 133 cm³/mol. The minimum atomic E-state index is 0. The largest absolute Gasteiger partial charge is 0.497 e. The van der Waals surface area contributed by atoms with Crippen molar-refractivity contribution in [2.45, 2.75) is 31.7 Å². The van der Waals surface area contributed by atoms with Crippen LogP contribution in [-0.4, -0.2) is 61.0 Å². The Morgan fingerprint density at radius 2 is 1.90 bits per heavy atom. The maximum absolute atomic E-state index is 5.33. The quantitative estimate of drug-likeness (QED) is 0.315. The molecule has 30 heavy (non-hydrogen) atoms. The van der Waals surface area contributed by atoms with Crippen LogP contribution in [0.2, 0.25) is 0 Å². The van der Waals surface area contributed by atoms with Crippen LogP contribution in [0.25, 0.3) is 0 Å². The molecule has 1 fully saturated rings. The van der Waals surface area contributed by atoms with Crippen molar-refractivity contribution >= 4 is 29.9 Å². The fraction of sp³-hybridized carbons (Fsp3) is 0.545. The Morgan fingerprint density at radius 1 is 1.17 bits per heavy atom. The number of hydrogen-bond acceptors (Lipinski definition) is 4. The molecule has 0 bridgehead atoms. The van der Waals surface area contributed by atoms with Gasteiger partial charge in [-0.2, -0.15) is 5.10 Å². The van der Waals surface area contributed by atoms with Crippen molar-refractivity contribution in [1.82, 2.24) is 25.3 Å². The van der Waals surface area contributed by atoms with Crippen molar-refractivity contribution in [3.8, 4) is 5.75 Å². The highest BCUT2D eigenvalue weighted by atomic mass is 127. The number of aliphatic imine (C=N–C) groups is 1. The lowest BCUT2D eigenvalue weighted by molar-refractivity contribution is 0.164. The number of methoxy groups -OCH3 is 1. The minimum absolute atomic E-state index is 0. The average Bonchev–Trinajstić information content (AvgIpc) is 3.18. The molecule has 1 aromatic carbocycles. The fourth-order valence-corrected chi connectivity index (χ4v) is 3.85. The number of piperidine rings is 1. The van der Waals surface area contributed by atoms with Gasteiger partial charge in [0, 0.05) is 33.4 Å². The summed E-state index contributed by atoms with van der Waals surface area (Å²) in [5.74, 6) is 1.73. The van der Waals surface area contributed by atoms with E-state index in [1.807, 2.05) is 43.3 Å². The smallest absolute Gasteiger partial charge is 0.191 e. The Morgan fingerprint density at radius 3 is 2.50 bits per heavy atom. The average molecular weight is 526 g/mol. The van der Waals surface area contributed by atoms with Crippen molar-refractivity contribution in [1.29, 1.82) is 0 Å². The molecule has 0 aliphatic carbocycles. The standard InChI is InChI=1S/C22H34N6O.HI/c1-23-22(24-12-11-18-15-26-27(2)17-18)25-16-21(28-13-5-4-6-14-28)19-7-9-20(29-3)10-8-19;/h7-10,15,17,21H,4-6,11-14,16H2,1-3H3,(H2,23,24,25);1H. The number of hydrogen-bond donors (Lipinski definition) is 2. The number of aryl methyl sites for hydroxylation is 1. The van der Waals surface area contributed by atoms with Crippen LogP contribution in [0.3, 0.4) is 0 Å². The molecule has 1 aromatic heterocycles. The second-order valence-electron chi connectivity index (χ2n) is 7.54. The van der Waals surface area contributed by atoms with Gasteiger partial charge in [-0.25, -0.2) is 0 Å². The summed E-state index contributed by atoms with van der Waals surface area (Å²) in [6.45, 7) is 3.93. The van der Waals surface area contributed by atoms with Crippen LogP contribution >= 0.6 is 24.0 Å². The third-order valence-corrected chi connectivity index (χ3v) is 5.48. The van der Waals surface area contributed by atoms with Crippen molar-refractivity contribution in [2.24, 2.45) is 12.0 Å². The Labute approximate surface area is 197 Å². The number of benzene rings is 1. The van der Waals surface area contributed by atoms with Gasteiger partial charge in [0.1, 0.15) is 5.75 Å². The van der Waals surface area contributed by atoms with Gasteiger partial charge in [-0.3, -0.25) is 14.6 Å². The van der Waals surface area contributed by atoms with E-state index in [-0.39, 0.29) is 24.0 Å². The van der Waals surface area contributed by atoms with Gasteiger partial charge in [0.25, 0.3) is 0 Å². The van der Waals surface area contributed by atoms with Gasteiger partial charge in [0.15, 0.2) is 5.96 Å². The Bertz CT molecular complexity index is 770. The molecule has 0 saturated carbocycles. The van der Waals surface area contributed by atoms with Crippen LogP contribution in [-0.2, 0) is 13.5 Å². The molecule has 3 rings (SSSR count). The first kappa shape index (κ1) is 24.5. The molecule has 166 valence electrons. The third-order valence-electron chi connectivity index (χ3n) is 5.48. The van der Waals surface area contributed by atoms with Crippen molar-refractivity contribution in [3.05, 3.63) is 47.8 Å². The summed E-state index contributed by atoms with van der Waals surface area (Å²) in [4.78, 5) is 6.98. The highest BCUT2D eigenvalue weighted by Gasteiger charge is 2.22. The zero-order valence-corrected chi connectivity index (χ0v) is 20.6. The lowest BCUT2D eigenvalue weighted by atomic mass is 10.0. The van der Waals surface area contributed by atoms with Gasteiger partial charge < -0.3 is 15.4 Å².